The number of carboxylic acid groups (broad SMARTS) is 1. The van der Waals surface area contributed by atoms with Crippen LogP contribution in [-0.2, 0) is 20.9 Å². The van der Waals surface area contributed by atoms with Crippen LogP contribution in [0.4, 0.5) is 5.69 Å². The Labute approximate surface area is 205 Å². The molecule has 1 fully saturated rings. The van der Waals surface area contributed by atoms with E-state index < -0.39 is 17.5 Å². The van der Waals surface area contributed by atoms with E-state index in [1.807, 2.05) is 54.6 Å². The molecule has 3 rings (SSSR count). The van der Waals surface area contributed by atoms with Crippen LogP contribution in [0.15, 0.2) is 54.6 Å². The van der Waals surface area contributed by atoms with Crippen LogP contribution in [0.5, 0.6) is 0 Å². The summed E-state index contributed by atoms with van der Waals surface area (Å²) < 4.78 is 0. The third kappa shape index (κ3) is 7.35. The molecule has 188 valence electrons. The molecule has 2 atom stereocenters. The minimum atomic E-state index is -1.27. The highest BCUT2D eigenvalue weighted by atomic mass is 16.5. The van der Waals surface area contributed by atoms with Crippen molar-refractivity contribution in [1.29, 1.82) is 0 Å². The smallest absolute Gasteiger partial charge is 0.339 e. The van der Waals surface area contributed by atoms with Gasteiger partial charge in [-0.05, 0) is 49.1 Å². The Morgan fingerprint density at radius 3 is 2.34 bits per heavy atom. The fourth-order valence-corrected chi connectivity index (χ4v) is 4.55. The summed E-state index contributed by atoms with van der Waals surface area (Å²) in [5.41, 5.74) is 2.85. The van der Waals surface area contributed by atoms with Crippen molar-refractivity contribution in [3.63, 3.8) is 0 Å². The van der Waals surface area contributed by atoms with Gasteiger partial charge in [-0.2, -0.15) is 0 Å². The Morgan fingerprint density at radius 2 is 1.66 bits per heavy atom. The van der Waals surface area contributed by atoms with E-state index in [0.29, 0.717) is 44.5 Å². The van der Waals surface area contributed by atoms with E-state index in [0.717, 1.165) is 24.0 Å². The maximum Gasteiger partial charge on any atom is 0.339 e. The van der Waals surface area contributed by atoms with Crippen LogP contribution in [-0.4, -0.2) is 40.3 Å². The summed E-state index contributed by atoms with van der Waals surface area (Å²) in [5.74, 6) is -1.63. The second-order valence-electron chi connectivity index (χ2n) is 8.84. The van der Waals surface area contributed by atoms with Crippen molar-refractivity contribution in [2.24, 2.45) is 0 Å². The molecular weight excluding hydrogens is 448 g/mol. The Bertz CT molecular complexity index is 1000. The Balaban J connectivity index is 1.52. The average Bonchev–Trinajstić information content (AvgIpc) is 3.31. The lowest BCUT2D eigenvalue weighted by molar-refractivity contribution is -0.146. The number of anilines is 1. The van der Waals surface area contributed by atoms with E-state index in [9.17, 15) is 19.5 Å². The number of aliphatic carboxylic acids is 1. The second-order valence-corrected chi connectivity index (χ2v) is 8.84. The van der Waals surface area contributed by atoms with Crippen molar-refractivity contribution in [2.75, 3.05) is 11.9 Å². The summed E-state index contributed by atoms with van der Waals surface area (Å²) >= 11 is 0. The van der Waals surface area contributed by atoms with E-state index >= 15 is 0 Å². The molecule has 0 spiro atoms. The topological polar surface area (TPSA) is 140 Å². The quantitative estimate of drug-likeness (QED) is 0.146. The number of nitrogens with one attached hydrogen (secondary N) is 4. The van der Waals surface area contributed by atoms with Crippen molar-refractivity contribution in [2.45, 2.75) is 63.1 Å². The van der Waals surface area contributed by atoms with Gasteiger partial charge in [-0.15, -0.1) is 0 Å². The first-order valence-electron chi connectivity index (χ1n) is 12.0. The van der Waals surface area contributed by atoms with Gasteiger partial charge in [-0.1, -0.05) is 55.3 Å². The lowest BCUT2D eigenvalue weighted by Crippen LogP contribution is -2.61. The average molecular weight is 483 g/mol. The van der Waals surface area contributed by atoms with Gasteiger partial charge in [-0.3, -0.25) is 25.4 Å². The van der Waals surface area contributed by atoms with E-state index in [1.54, 1.807) is 5.48 Å². The molecule has 9 nitrogen and oxygen atoms in total. The van der Waals surface area contributed by atoms with Crippen molar-refractivity contribution in [3.8, 4) is 0 Å². The molecule has 0 aromatic heterocycles. The molecule has 2 aromatic carbocycles. The third-order valence-corrected chi connectivity index (χ3v) is 6.36. The predicted octanol–water partition coefficient (Wildman–Crippen LogP) is 3.12. The first-order chi connectivity index (χ1) is 16.9. The summed E-state index contributed by atoms with van der Waals surface area (Å²) in [7, 11) is 0. The normalized spacial score (nSPS) is 19.3. The molecule has 35 heavy (non-hydrogen) atoms. The maximum absolute atomic E-state index is 12.3. The highest BCUT2D eigenvalue weighted by Gasteiger charge is 2.49. The molecule has 0 saturated carbocycles. The summed E-state index contributed by atoms with van der Waals surface area (Å²) in [6.45, 7) is 0.928. The Hall–Kier alpha value is -3.27. The van der Waals surface area contributed by atoms with Gasteiger partial charge >= 0.3 is 5.97 Å². The number of benzene rings is 2. The second kappa shape index (κ2) is 13.0. The van der Waals surface area contributed by atoms with Gasteiger partial charge in [0, 0.05) is 31.0 Å². The minimum absolute atomic E-state index is 0.0909. The van der Waals surface area contributed by atoms with E-state index in [1.165, 1.54) is 0 Å². The standard InChI is InChI=1S/C26H34N4O5/c31-23(13-6-1-2-7-14-24(32)30-35)29-21-12-8-9-19(17-21)18-28-26(25(33)34)22(15-16-27-26)20-10-4-3-5-11-20/h3-5,8-12,17,22,27-28,35H,1-2,6-7,13-16,18H2,(H,29,31)(H,30,32)(H,33,34)/t22-,26-/m0/s1. The van der Waals surface area contributed by atoms with Gasteiger partial charge in [0.25, 0.3) is 0 Å². The zero-order valence-electron chi connectivity index (χ0n) is 19.8. The molecule has 2 amide bonds. The first kappa shape index (κ1) is 26.3. The molecule has 1 aliphatic rings. The molecule has 2 aromatic rings. The highest BCUT2D eigenvalue weighted by Crippen LogP contribution is 2.35. The largest absolute Gasteiger partial charge is 0.479 e. The van der Waals surface area contributed by atoms with Gasteiger partial charge in [0.1, 0.15) is 0 Å². The van der Waals surface area contributed by atoms with Crippen LogP contribution >= 0.6 is 0 Å². The number of carbonyl (C=O) groups is 3. The number of rotatable bonds is 13. The zero-order chi connectivity index (χ0) is 25.1. The lowest BCUT2D eigenvalue weighted by atomic mass is 9.86. The maximum atomic E-state index is 12.3. The van der Waals surface area contributed by atoms with Crippen LogP contribution in [0.25, 0.3) is 0 Å². The molecule has 0 aliphatic carbocycles. The van der Waals surface area contributed by atoms with Gasteiger partial charge in [0.15, 0.2) is 5.66 Å². The molecular formula is C26H34N4O5. The van der Waals surface area contributed by atoms with Gasteiger partial charge in [-0.25, -0.2) is 10.3 Å². The first-order valence-corrected chi connectivity index (χ1v) is 12.0. The third-order valence-electron chi connectivity index (χ3n) is 6.36. The van der Waals surface area contributed by atoms with Crippen LogP contribution in [0.1, 0.15) is 62.0 Å². The number of hydrogen-bond donors (Lipinski definition) is 6. The number of hydroxylamine groups is 1. The molecule has 1 aliphatic heterocycles. The fourth-order valence-electron chi connectivity index (χ4n) is 4.55. The van der Waals surface area contributed by atoms with Gasteiger partial charge in [0.05, 0.1) is 0 Å². The molecule has 0 radical (unpaired) electrons. The molecule has 0 unspecified atom stereocenters. The van der Waals surface area contributed by atoms with Crippen LogP contribution in [0.2, 0.25) is 0 Å². The lowest BCUT2D eigenvalue weighted by Gasteiger charge is -2.33. The monoisotopic (exact) mass is 482 g/mol. The molecule has 1 heterocycles. The minimum Gasteiger partial charge on any atom is -0.479 e. The van der Waals surface area contributed by atoms with E-state index in [2.05, 4.69) is 16.0 Å². The van der Waals surface area contributed by atoms with Crippen molar-refractivity contribution in [3.05, 3.63) is 65.7 Å². The van der Waals surface area contributed by atoms with Crippen molar-refractivity contribution in [1.82, 2.24) is 16.1 Å². The van der Waals surface area contributed by atoms with Gasteiger partial charge < -0.3 is 10.4 Å². The molecule has 6 N–H and O–H groups in total. The number of carboxylic acids is 1. The van der Waals surface area contributed by atoms with Crippen LogP contribution < -0.4 is 21.4 Å². The van der Waals surface area contributed by atoms with Crippen molar-refractivity contribution >= 4 is 23.5 Å². The summed E-state index contributed by atoms with van der Waals surface area (Å²) in [4.78, 5) is 35.6. The summed E-state index contributed by atoms with van der Waals surface area (Å²) in [6.07, 6.45) is 4.37. The number of hydrogen-bond acceptors (Lipinski definition) is 6. The highest BCUT2D eigenvalue weighted by molar-refractivity contribution is 5.90. The number of amides is 2. The molecule has 1 saturated heterocycles. The van der Waals surface area contributed by atoms with Crippen molar-refractivity contribution < 1.29 is 24.7 Å². The van der Waals surface area contributed by atoms with E-state index in [-0.39, 0.29) is 18.2 Å². The fraction of sp³-hybridized carbons (Fsp3) is 0.423. The zero-order valence-corrected chi connectivity index (χ0v) is 19.8. The number of unbranched alkanes of at least 4 members (excludes halogenated alkanes) is 3. The number of carbonyl (C=O) groups excluding carboxylic acids is 2. The summed E-state index contributed by atoms with van der Waals surface area (Å²) in [5, 5.41) is 27.9. The Morgan fingerprint density at radius 1 is 0.943 bits per heavy atom. The van der Waals surface area contributed by atoms with Crippen LogP contribution in [0.3, 0.4) is 0 Å². The molecule has 0 bridgehead atoms. The SMILES string of the molecule is O=C(CCCCCCC(=O)Nc1cccc(CN[C@@]2(C(=O)O)NCC[C@H]2c2ccccc2)c1)NO. The predicted molar refractivity (Wildman–Crippen MR) is 132 cm³/mol. The van der Waals surface area contributed by atoms with E-state index in [4.69, 9.17) is 5.21 Å². The van der Waals surface area contributed by atoms with Crippen LogP contribution in [0, 0.1) is 0 Å². The van der Waals surface area contributed by atoms with Gasteiger partial charge in [0.2, 0.25) is 11.8 Å². The Kier molecular flexibility index (Phi) is 9.77. The summed E-state index contributed by atoms with van der Waals surface area (Å²) in [6, 6.07) is 17.1. The molecule has 9 heteroatoms.